The Bertz CT molecular complexity index is 569. The summed E-state index contributed by atoms with van der Waals surface area (Å²) in [6, 6.07) is 5.28. The van der Waals surface area contributed by atoms with E-state index in [9.17, 15) is 18.0 Å². The lowest BCUT2D eigenvalue weighted by molar-refractivity contribution is -0.125. The van der Waals surface area contributed by atoms with Crippen molar-refractivity contribution in [3.63, 3.8) is 0 Å². The highest BCUT2D eigenvalue weighted by atomic mass is 19.4. The maximum atomic E-state index is 12.2. The van der Waals surface area contributed by atoms with Crippen molar-refractivity contribution in [1.29, 1.82) is 0 Å². The van der Waals surface area contributed by atoms with Crippen molar-refractivity contribution < 1.29 is 18.0 Å². The molecular weight excluding hydrogens is 231 g/mol. The van der Waals surface area contributed by atoms with Gasteiger partial charge in [0.15, 0.2) is 5.78 Å². The van der Waals surface area contributed by atoms with E-state index in [0.29, 0.717) is 10.9 Å². The zero-order valence-corrected chi connectivity index (χ0v) is 9.06. The van der Waals surface area contributed by atoms with Crippen LogP contribution in [0.1, 0.15) is 22.3 Å². The standard InChI is InChI=1S/C12H10F3NO/c1-7-3-2-4-9-11(7)8(6-16-9)10(17)5-12(13,14)15/h2-4,6,16H,5H2,1H3. The number of carbonyl (C=O) groups is 1. The van der Waals surface area contributed by atoms with Gasteiger partial charge in [0.05, 0.1) is 0 Å². The molecule has 0 atom stereocenters. The first-order chi connectivity index (χ1) is 7.88. The number of hydrogen-bond acceptors (Lipinski definition) is 1. The molecular formula is C12H10F3NO. The third-order valence-electron chi connectivity index (χ3n) is 2.58. The average molecular weight is 241 g/mol. The Balaban J connectivity index is 2.46. The summed E-state index contributed by atoms with van der Waals surface area (Å²) in [5.74, 6) is -0.905. The van der Waals surface area contributed by atoms with Crippen LogP contribution in [0.15, 0.2) is 24.4 Å². The molecule has 1 N–H and O–H groups in total. The second-order valence-electron chi connectivity index (χ2n) is 3.91. The van der Waals surface area contributed by atoms with Crippen molar-refractivity contribution in [3.05, 3.63) is 35.5 Å². The van der Waals surface area contributed by atoms with Crippen molar-refractivity contribution in [2.24, 2.45) is 0 Å². The summed E-state index contributed by atoms with van der Waals surface area (Å²) in [7, 11) is 0. The smallest absolute Gasteiger partial charge is 0.360 e. The maximum absolute atomic E-state index is 12.2. The van der Waals surface area contributed by atoms with E-state index in [1.54, 1.807) is 25.1 Å². The molecule has 2 nitrogen and oxygen atoms in total. The zero-order valence-electron chi connectivity index (χ0n) is 9.06. The predicted molar refractivity (Wildman–Crippen MR) is 58.0 cm³/mol. The van der Waals surface area contributed by atoms with Gasteiger partial charge in [-0.1, -0.05) is 12.1 Å². The van der Waals surface area contributed by atoms with Crippen LogP contribution in [-0.4, -0.2) is 16.9 Å². The maximum Gasteiger partial charge on any atom is 0.396 e. The number of H-pyrrole nitrogens is 1. The molecule has 5 heteroatoms. The number of Topliss-reactive ketones (excluding diaryl/α,β-unsaturated/α-hetero) is 1. The summed E-state index contributed by atoms with van der Waals surface area (Å²) in [6.07, 6.45) is -4.55. The highest BCUT2D eigenvalue weighted by molar-refractivity contribution is 6.09. The lowest BCUT2D eigenvalue weighted by Crippen LogP contribution is -2.14. The fourth-order valence-corrected chi connectivity index (χ4v) is 1.86. The highest BCUT2D eigenvalue weighted by Gasteiger charge is 2.32. The molecule has 0 saturated heterocycles. The van der Waals surface area contributed by atoms with E-state index in [1.807, 2.05) is 0 Å². The van der Waals surface area contributed by atoms with Gasteiger partial charge in [-0.3, -0.25) is 4.79 Å². The molecule has 0 spiro atoms. The number of hydrogen-bond donors (Lipinski definition) is 1. The molecule has 0 amide bonds. The minimum atomic E-state index is -4.47. The van der Waals surface area contributed by atoms with E-state index in [0.717, 1.165) is 5.56 Å². The number of nitrogens with one attached hydrogen (secondary N) is 1. The molecule has 0 aliphatic rings. The number of aromatic amines is 1. The van der Waals surface area contributed by atoms with Crippen LogP contribution in [0.5, 0.6) is 0 Å². The molecule has 2 rings (SSSR count). The first-order valence-corrected chi connectivity index (χ1v) is 5.05. The Morgan fingerprint density at radius 2 is 2.06 bits per heavy atom. The van der Waals surface area contributed by atoms with E-state index >= 15 is 0 Å². The summed E-state index contributed by atoms with van der Waals surface area (Å²) in [6.45, 7) is 1.76. The number of fused-ring (bicyclic) bond motifs is 1. The number of benzene rings is 1. The minimum absolute atomic E-state index is 0.107. The first-order valence-electron chi connectivity index (χ1n) is 5.05. The van der Waals surface area contributed by atoms with E-state index < -0.39 is 18.4 Å². The van der Waals surface area contributed by atoms with Crippen LogP contribution < -0.4 is 0 Å². The van der Waals surface area contributed by atoms with Gasteiger partial charge in [-0.05, 0) is 18.6 Å². The van der Waals surface area contributed by atoms with Crippen molar-refractivity contribution in [3.8, 4) is 0 Å². The number of aromatic nitrogens is 1. The minimum Gasteiger partial charge on any atom is -0.360 e. The largest absolute Gasteiger partial charge is 0.396 e. The Morgan fingerprint density at radius 3 is 2.71 bits per heavy atom. The number of alkyl halides is 3. The molecule has 0 radical (unpaired) electrons. The molecule has 0 aliphatic carbocycles. The fourth-order valence-electron chi connectivity index (χ4n) is 1.86. The summed E-state index contributed by atoms with van der Waals surface area (Å²) in [5, 5.41) is 0.571. The summed E-state index contributed by atoms with van der Waals surface area (Å²) >= 11 is 0. The quantitative estimate of drug-likeness (QED) is 0.800. The topological polar surface area (TPSA) is 32.9 Å². The monoisotopic (exact) mass is 241 g/mol. The predicted octanol–water partition coefficient (Wildman–Crippen LogP) is 3.61. The summed E-state index contributed by atoms with van der Waals surface area (Å²) < 4.78 is 36.5. The number of aryl methyl sites for hydroxylation is 1. The van der Waals surface area contributed by atoms with E-state index in [1.165, 1.54) is 6.20 Å². The molecule has 0 aliphatic heterocycles. The Kier molecular flexibility index (Phi) is 2.69. The third-order valence-corrected chi connectivity index (χ3v) is 2.58. The van der Waals surface area contributed by atoms with Crippen molar-refractivity contribution >= 4 is 16.7 Å². The molecule has 17 heavy (non-hydrogen) atoms. The van der Waals surface area contributed by atoms with Gasteiger partial charge in [0, 0.05) is 22.7 Å². The second-order valence-corrected chi connectivity index (χ2v) is 3.91. The number of rotatable bonds is 2. The molecule has 0 fully saturated rings. The van der Waals surface area contributed by atoms with Gasteiger partial charge >= 0.3 is 6.18 Å². The Morgan fingerprint density at radius 1 is 1.35 bits per heavy atom. The molecule has 1 aromatic heterocycles. The highest BCUT2D eigenvalue weighted by Crippen LogP contribution is 2.27. The zero-order chi connectivity index (χ0) is 12.6. The third kappa shape index (κ3) is 2.33. The van der Waals surface area contributed by atoms with E-state index in [4.69, 9.17) is 0 Å². The van der Waals surface area contributed by atoms with Crippen LogP contribution in [-0.2, 0) is 0 Å². The van der Waals surface area contributed by atoms with Crippen LogP contribution in [0.3, 0.4) is 0 Å². The average Bonchev–Trinajstić information content (AvgIpc) is 2.60. The second kappa shape index (κ2) is 3.91. The summed E-state index contributed by atoms with van der Waals surface area (Å²) in [4.78, 5) is 14.4. The number of ketones is 1. The van der Waals surface area contributed by atoms with Gasteiger partial charge in [-0.15, -0.1) is 0 Å². The van der Waals surface area contributed by atoms with Crippen molar-refractivity contribution in [2.75, 3.05) is 0 Å². The van der Waals surface area contributed by atoms with E-state index in [2.05, 4.69) is 4.98 Å². The fraction of sp³-hybridized carbons (Fsp3) is 0.250. The van der Waals surface area contributed by atoms with Gasteiger partial charge in [0.25, 0.3) is 0 Å². The molecule has 90 valence electrons. The van der Waals surface area contributed by atoms with Gasteiger partial charge < -0.3 is 4.98 Å². The van der Waals surface area contributed by atoms with Gasteiger partial charge in [0.2, 0.25) is 0 Å². The normalized spacial score (nSPS) is 12.0. The molecule has 1 heterocycles. The van der Waals surface area contributed by atoms with E-state index in [-0.39, 0.29) is 5.56 Å². The Hall–Kier alpha value is -1.78. The number of carbonyl (C=O) groups excluding carboxylic acids is 1. The Labute approximate surface area is 95.4 Å². The summed E-state index contributed by atoms with van der Waals surface area (Å²) in [5.41, 5.74) is 1.57. The molecule has 0 unspecified atom stereocenters. The van der Waals surface area contributed by atoms with Gasteiger partial charge in [-0.25, -0.2) is 0 Å². The SMILES string of the molecule is Cc1cccc2[nH]cc(C(=O)CC(F)(F)F)c12. The van der Waals surface area contributed by atoms with Crippen LogP contribution in [0.2, 0.25) is 0 Å². The molecule has 1 aromatic carbocycles. The van der Waals surface area contributed by atoms with Crippen LogP contribution in [0.25, 0.3) is 10.9 Å². The van der Waals surface area contributed by atoms with Gasteiger partial charge in [0.1, 0.15) is 6.42 Å². The first kappa shape index (κ1) is 11.7. The van der Waals surface area contributed by atoms with Crippen molar-refractivity contribution in [1.82, 2.24) is 4.98 Å². The molecule has 0 bridgehead atoms. The molecule has 0 saturated carbocycles. The lowest BCUT2D eigenvalue weighted by atomic mass is 10.0. The van der Waals surface area contributed by atoms with Gasteiger partial charge in [-0.2, -0.15) is 13.2 Å². The van der Waals surface area contributed by atoms with Crippen LogP contribution >= 0.6 is 0 Å². The van der Waals surface area contributed by atoms with Crippen LogP contribution in [0.4, 0.5) is 13.2 Å². The van der Waals surface area contributed by atoms with Crippen LogP contribution in [0, 0.1) is 6.92 Å². The number of halogens is 3. The van der Waals surface area contributed by atoms with Crippen molar-refractivity contribution in [2.45, 2.75) is 19.5 Å². The molecule has 2 aromatic rings. The lowest BCUT2D eigenvalue weighted by Gasteiger charge is -2.05.